The first-order chi connectivity index (χ1) is 13.7. The SMILES string of the molecule is O=C1/C(=C/c2ccc(Br)cc2)Oc2cc(OC/C=C/c3ccccc3)ccc21. The number of halogens is 1. The van der Waals surface area contributed by atoms with Crippen LogP contribution < -0.4 is 9.47 Å². The van der Waals surface area contributed by atoms with Crippen LogP contribution >= 0.6 is 15.9 Å². The summed E-state index contributed by atoms with van der Waals surface area (Å²) in [6, 6.07) is 23.0. The largest absolute Gasteiger partial charge is 0.489 e. The maximum absolute atomic E-state index is 12.5. The summed E-state index contributed by atoms with van der Waals surface area (Å²) in [7, 11) is 0. The van der Waals surface area contributed by atoms with Gasteiger partial charge in [0.25, 0.3) is 0 Å². The standard InChI is InChI=1S/C24H17BrO3/c25-19-10-8-18(9-11-19)15-23-24(26)21-13-12-20(16-22(21)28-23)27-14-4-7-17-5-2-1-3-6-17/h1-13,15-16H,14H2/b7-4+,23-15-. The van der Waals surface area contributed by atoms with Crippen LogP contribution in [0.25, 0.3) is 12.2 Å². The molecule has 0 spiro atoms. The highest BCUT2D eigenvalue weighted by Crippen LogP contribution is 2.35. The van der Waals surface area contributed by atoms with E-state index in [4.69, 9.17) is 9.47 Å². The average molecular weight is 433 g/mol. The van der Waals surface area contributed by atoms with Crippen LogP contribution in [0.1, 0.15) is 21.5 Å². The molecule has 0 saturated heterocycles. The van der Waals surface area contributed by atoms with E-state index in [1.807, 2.05) is 66.7 Å². The molecule has 0 aliphatic carbocycles. The van der Waals surface area contributed by atoms with Crippen molar-refractivity contribution in [2.24, 2.45) is 0 Å². The third kappa shape index (κ3) is 4.24. The molecule has 0 N–H and O–H groups in total. The minimum Gasteiger partial charge on any atom is -0.489 e. The molecule has 3 aromatic rings. The highest BCUT2D eigenvalue weighted by molar-refractivity contribution is 9.10. The van der Waals surface area contributed by atoms with Gasteiger partial charge in [-0.05, 0) is 47.5 Å². The van der Waals surface area contributed by atoms with E-state index in [-0.39, 0.29) is 5.78 Å². The fourth-order valence-corrected chi connectivity index (χ4v) is 3.12. The fraction of sp³-hybridized carbons (Fsp3) is 0.0417. The van der Waals surface area contributed by atoms with E-state index in [1.54, 1.807) is 24.3 Å². The molecule has 0 fully saturated rings. The summed E-state index contributed by atoms with van der Waals surface area (Å²) >= 11 is 3.40. The lowest BCUT2D eigenvalue weighted by Crippen LogP contribution is -1.97. The fourth-order valence-electron chi connectivity index (χ4n) is 2.86. The molecule has 0 amide bonds. The van der Waals surface area contributed by atoms with Crippen LogP contribution in [0.3, 0.4) is 0 Å². The van der Waals surface area contributed by atoms with Crippen molar-refractivity contribution in [1.82, 2.24) is 0 Å². The third-order valence-electron chi connectivity index (χ3n) is 4.27. The third-order valence-corrected chi connectivity index (χ3v) is 4.79. The predicted octanol–water partition coefficient (Wildman–Crippen LogP) is 6.16. The van der Waals surface area contributed by atoms with Gasteiger partial charge in [0, 0.05) is 10.5 Å². The molecule has 0 aromatic heterocycles. The van der Waals surface area contributed by atoms with Crippen LogP contribution in [0.5, 0.6) is 11.5 Å². The molecule has 0 unspecified atom stereocenters. The van der Waals surface area contributed by atoms with Crippen molar-refractivity contribution in [2.45, 2.75) is 0 Å². The first-order valence-electron chi connectivity index (χ1n) is 8.87. The van der Waals surface area contributed by atoms with Crippen molar-refractivity contribution in [3.05, 3.63) is 106 Å². The number of benzene rings is 3. The molecule has 1 heterocycles. The van der Waals surface area contributed by atoms with E-state index in [2.05, 4.69) is 15.9 Å². The van der Waals surface area contributed by atoms with Gasteiger partial charge in [-0.1, -0.05) is 64.5 Å². The first-order valence-corrected chi connectivity index (χ1v) is 9.66. The Labute approximate surface area is 172 Å². The lowest BCUT2D eigenvalue weighted by molar-refractivity contribution is 0.101. The number of hydrogen-bond acceptors (Lipinski definition) is 3. The van der Waals surface area contributed by atoms with Crippen LogP contribution in [0.4, 0.5) is 0 Å². The number of Topliss-reactive ketones (excluding diaryl/α,β-unsaturated/α-hetero) is 1. The van der Waals surface area contributed by atoms with Crippen LogP contribution in [0, 0.1) is 0 Å². The summed E-state index contributed by atoms with van der Waals surface area (Å²) in [5, 5.41) is 0. The van der Waals surface area contributed by atoms with Gasteiger partial charge >= 0.3 is 0 Å². The molecule has 0 saturated carbocycles. The second-order valence-electron chi connectivity index (χ2n) is 6.27. The molecule has 4 heteroatoms. The second-order valence-corrected chi connectivity index (χ2v) is 7.19. The second kappa shape index (κ2) is 8.28. The molecule has 28 heavy (non-hydrogen) atoms. The lowest BCUT2D eigenvalue weighted by atomic mass is 10.1. The number of hydrogen-bond donors (Lipinski definition) is 0. The predicted molar refractivity (Wildman–Crippen MR) is 114 cm³/mol. The van der Waals surface area contributed by atoms with Gasteiger partial charge in [0.15, 0.2) is 5.76 Å². The summed E-state index contributed by atoms with van der Waals surface area (Å²) in [5.41, 5.74) is 2.58. The maximum atomic E-state index is 12.5. The van der Waals surface area contributed by atoms with E-state index in [1.165, 1.54) is 0 Å². The molecule has 138 valence electrons. The number of carbonyl (C=O) groups excluding carboxylic acids is 1. The summed E-state index contributed by atoms with van der Waals surface area (Å²) in [6.07, 6.45) is 5.71. The van der Waals surface area contributed by atoms with Crippen molar-refractivity contribution in [3.63, 3.8) is 0 Å². The van der Waals surface area contributed by atoms with Crippen molar-refractivity contribution in [2.75, 3.05) is 6.61 Å². The molecule has 0 radical (unpaired) electrons. The zero-order chi connectivity index (χ0) is 19.3. The van der Waals surface area contributed by atoms with Gasteiger partial charge in [-0.3, -0.25) is 4.79 Å². The van der Waals surface area contributed by atoms with Gasteiger partial charge < -0.3 is 9.47 Å². The van der Waals surface area contributed by atoms with Crippen LogP contribution in [0.2, 0.25) is 0 Å². The van der Waals surface area contributed by atoms with E-state index in [0.717, 1.165) is 15.6 Å². The highest BCUT2D eigenvalue weighted by Gasteiger charge is 2.27. The lowest BCUT2D eigenvalue weighted by Gasteiger charge is -2.04. The average Bonchev–Trinajstić information content (AvgIpc) is 3.03. The van der Waals surface area contributed by atoms with Crippen LogP contribution in [-0.2, 0) is 0 Å². The van der Waals surface area contributed by atoms with Crippen LogP contribution in [0.15, 0.2) is 89.1 Å². The Balaban J connectivity index is 1.43. The molecule has 0 bridgehead atoms. The Morgan fingerprint density at radius 3 is 2.50 bits per heavy atom. The number of ether oxygens (including phenoxy) is 2. The Kier molecular flexibility index (Phi) is 5.40. The molecule has 0 atom stereocenters. The zero-order valence-electron chi connectivity index (χ0n) is 15.0. The summed E-state index contributed by atoms with van der Waals surface area (Å²) in [5.74, 6) is 1.39. The minimum absolute atomic E-state index is 0.117. The first kappa shape index (κ1) is 18.3. The van der Waals surface area contributed by atoms with Crippen molar-refractivity contribution >= 4 is 33.9 Å². The van der Waals surface area contributed by atoms with Crippen molar-refractivity contribution in [1.29, 1.82) is 0 Å². The molecule has 3 aromatic carbocycles. The zero-order valence-corrected chi connectivity index (χ0v) is 16.6. The van der Waals surface area contributed by atoms with Gasteiger partial charge in [-0.25, -0.2) is 0 Å². The Hall–Kier alpha value is -3.11. The van der Waals surface area contributed by atoms with Crippen molar-refractivity contribution < 1.29 is 14.3 Å². The van der Waals surface area contributed by atoms with E-state index >= 15 is 0 Å². The summed E-state index contributed by atoms with van der Waals surface area (Å²) in [4.78, 5) is 12.5. The molecular formula is C24H17BrO3. The molecular weight excluding hydrogens is 416 g/mol. The van der Waals surface area contributed by atoms with Gasteiger partial charge in [0.1, 0.15) is 18.1 Å². The summed E-state index contributed by atoms with van der Waals surface area (Å²) in [6.45, 7) is 0.434. The number of fused-ring (bicyclic) bond motifs is 1. The topological polar surface area (TPSA) is 35.5 Å². The quantitative estimate of drug-likeness (QED) is 0.453. The number of carbonyl (C=O) groups is 1. The van der Waals surface area contributed by atoms with Gasteiger partial charge in [-0.15, -0.1) is 0 Å². The maximum Gasteiger partial charge on any atom is 0.231 e. The summed E-state index contributed by atoms with van der Waals surface area (Å²) < 4.78 is 12.5. The van der Waals surface area contributed by atoms with E-state index in [0.29, 0.717) is 29.4 Å². The minimum atomic E-state index is -0.117. The van der Waals surface area contributed by atoms with Crippen LogP contribution in [-0.4, -0.2) is 12.4 Å². The highest BCUT2D eigenvalue weighted by atomic mass is 79.9. The van der Waals surface area contributed by atoms with E-state index < -0.39 is 0 Å². The Morgan fingerprint density at radius 2 is 1.71 bits per heavy atom. The van der Waals surface area contributed by atoms with Gasteiger partial charge in [0.05, 0.1) is 5.56 Å². The Bertz CT molecular complexity index is 1050. The molecule has 4 rings (SSSR count). The Morgan fingerprint density at radius 1 is 0.929 bits per heavy atom. The van der Waals surface area contributed by atoms with Gasteiger partial charge in [0.2, 0.25) is 5.78 Å². The number of rotatable bonds is 5. The number of allylic oxidation sites excluding steroid dienone is 1. The van der Waals surface area contributed by atoms with Crippen molar-refractivity contribution in [3.8, 4) is 11.5 Å². The normalized spacial score (nSPS) is 14.3. The molecule has 3 nitrogen and oxygen atoms in total. The van der Waals surface area contributed by atoms with E-state index in [9.17, 15) is 4.79 Å². The smallest absolute Gasteiger partial charge is 0.231 e. The van der Waals surface area contributed by atoms with Gasteiger partial charge in [-0.2, -0.15) is 0 Å². The monoisotopic (exact) mass is 432 g/mol. The molecule has 1 aliphatic heterocycles. The molecule has 1 aliphatic rings. The number of ketones is 1.